The van der Waals surface area contributed by atoms with E-state index in [4.69, 9.17) is 9.47 Å². The molecule has 3 N–H and O–H groups in total. The fourth-order valence-electron chi connectivity index (χ4n) is 5.02. The Labute approximate surface area is 222 Å². The van der Waals surface area contributed by atoms with E-state index in [2.05, 4.69) is 30.8 Å². The summed E-state index contributed by atoms with van der Waals surface area (Å²) in [5.74, 6) is 1.12. The van der Waals surface area contributed by atoms with Crippen LogP contribution in [0, 0.1) is 5.82 Å². The highest BCUT2D eigenvalue weighted by Crippen LogP contribution is 2.36. The van der Waals surface area contributed by atoms with Gasteiger partial charge in [-0.1, -0.05) is 12.1 Å². The van der Waals surface area contributed by atoms with E-state index in [1.165, 1.54) is 42.2 Å². The second kappa shape index (κ2) is 9.26. The highest BCUT2D eigenvalue weighted by Gasteiger charge is 2.28. The summed E-state index contributed by atoms with van der Waals surface area (Å²) in [7, 11) is 0. The van der Waals surface area contributed by atoms with Gasteiger partial charge >= 0.3 is 0 Å². The van der Waals surface area contributed by atoms with Gasteiger partial charge in [-0.25, -0.2) is 9.37 Å². The lowest BCUT2D eigenvalue weighted by Gasteiger charge is -2.32. The van der Waals surface area contributed by atoms with Crippen molar-refractivity contribution in [2.45, 2.75) is 44.4 Å². The molecule has 39 heavy (non-hydrogen) atoms. The number of fused-ring (bicyclic) bond motifs is 4. The lowest BCUT2D eigenvalue weighted by molar-refractivity contribution is 0.0808. The Morgan fingerprint density at radius 1 is 1.13 bits per heavy atom. The molecule has 1 unspecified atom stereocenters. The molecule has 0 radical (unpaired) electrons. The molecule has 7 rings (SSSR count). The number of nitrogens with zero attached hydrogens (tertiary/aromatic N) is 4. The van der Waals surface area contributed by atoms with Crippen LogP contribution in [0.1, 0.15) is 26.2 Å². The molecule has 1 saturated carbocycles. The lowest BCUT2D eigenvalue weighted by atomic mass is 9.93. The van der Waals surface area contributed by atoms with E-state index in [1.807, 2.05) is 25.1 Å². The summed E-state index contributed by atoms with van der Waals surface area (Å²) in [4.78, 5) is 22.5. The van der Waals surface area contributed by atoms with Crippen molar-refractivity contribution in [2.75, 3.05) is 17.2 Å². The number of aromatic nitrogens is 5. The first-order valence-electron chi connectivity index (χ1n) is 13.0. The van der Waals surface area contributed by atoms with Gasteiger partial charge < -0.3 is 20.1 Å². The van der Waals surface area contributed by atoms with Crippen LogP contribution in [-0.2, 0) is 0 Å². The summed E-state index contributed by atoms with van der Waals surface area (Å²) in [5, 5.41) is 14.5. The minimum atomic E-state index is -0.539. The SMILES string of the molecule is CC(Nc1ncc2c3[nH]ncc3c(=O)n(-c3ccccc3F)c2n1)[C@H]1COc2cc(NC3CCC3)ccc2O1. The molecule has 11 heteroatoms. The molecule has 2 aliphatic rings. The molecule has 1 aliphatic heterocycles. The Morgan fingerprint density at radius 2 is 2.00 bits per heavy atom. The zero-order valence-electron chi connectivity index (χ0n) is 21.1. The zero-order valence-corrected chi connectivity index (χ0v) is 21.1. The van der Waals surface area contributed by atoms with Gasteiger partial charge in [-0.2, -0.15) is 10.1 Å². The van der Waals surface area contributed by atoms with Crippen molar-refractivity contribution >= 4 is 33.6 Å². The summed E-state index contributed by atoms with van der Waals surface area (Å²) in [6, 6.07) is 12.3. The number of H-pyrrole nitrogens is 1. The van der Waals surface area contributed by atoms with Crippen LogP contribution in [0.4, 0.5) is 16.0 Å². The van der Waals surface area contributed by atoms with Gasteiger partial charge in [0.1, 0.15) is 12.4 Å². The van der Waals surface area contributed by atoms with Gasteiger partial charge in [0.05, 0.1) is 34.2 Å². The summed E-state index contributed by atoms with van der Waals surface area (Å²) in [6.07, 6.45) is 6.36. The van der Waals surface area contributed by atoms with Crippen molar-refractivity contribution in [3.63, 3.8) is 0 Å². The molecular formula is C28H26FN7O3. The second-order valence-electron chi connectivity index (χ2n) is 10.0. The number of hydrogen-bond acceptors (Lipinski definition) is 8. The number of para-hydroxylation sites is 1. The Kier molecular flexibility index (Phi) is 5.57. The number of nitrogens with one attached hydrogen (secondary N) is 3. The zero-order chi connectivity index (χ0) is 26.5. The Bertz CT molecular complexity index is 1760. The molecule has 5 aromatic rings. The number of benzene rings is 2. The molecule has 1 fully saturated rings. The quantitative estimate of drug-likeness (QED) is 0.297. The number of pyridine rings is 1. The highest BCUT2D eigenvalue weighted by molar-refractivity contribution is 6.02. The lowest BCUT2D eigenvalue weighted by Crippen LogP contribution is -2.42. The third-order valence-corrected chi connectivity index (χ3v) is 7.43. The van der Waals surface area contributed by atoms with E-state index in [0.717, 1.165) is 5.69 Å². The molecule has 10 nitrogen and oxygen atoms in total. The van der Waals surface area contributed by atoms with E-state index >= 15 is 0 Å². The van der Waals surface area contributed by atoms with Crippen LogP contribution in [0.25, 0.3) is 27.6 Å². The topological polar surface area (TPSA) is 119 Å². The molecule has 0 saturated heterocycles. The number of ether oxygens (including phenoxy) is 2. The van der Waals surface area contributed by atoms with E-state index in [9.17, 15) is 9.18 Å². The smallest absolute Gasteiger partial charge is 0.267 e. The van der Waals surface area contributed by atoms with Crippen LogP contribution in [0.5, 0.6) is 11.5 Å². The van der Waals surface area contributed by atoms with E-state index in [-0.39, 0.29) is 29.4 Å². The number of anilines is 2. The van der Waals surface area contributed by atoms with Gasteiger partial charge in [-0.15, -0.1) is 0 Å². The first kappa shape index (κ1) is 23.4. The van der Waals surface area contributed by atoms with Crippen molar-refractivity contribution in [2.24, 2.45) is 0 Å². The predicted octanol–water partition coefficient (Wildman–Crippen LogP) is 4.40. The van der Waals surface area contributed by atoms with Crippen molar-refractivity contribution in [1.82, 2.24) is 24.7 Å². The van der Waals surface area contributed by atoms with Crippen LogP contribution in [0.15, 0.2) is 59.7 Å². The standard InChI is InChI=1S/C28H26FN7O3/c1-15(24-14-38-23-11-17(9-10-22(23)39-24)33-16-5-4-6-16)32-28-30-12-18-25-19(13-31-35-25)27(37)36(26(18)34-28)21-8-3-2-7-20(21)29/h2-3,7-13,15-16,24,33H,4-6,14H2,1H3,(H,31,35)(H,30,32,34)/t15?,24-/m1/s1. The number of hydrogen-bond donors (Lipinski definition) is 3. The normalized spacial score (nSPS) is 17.6. The summed E-state index contributed by atoms with van der Waals surface area (Å²) in [5.41, 5.74) is 1.45. The van der Waals surface area contributed by atoms with Crippen LogP contribution in [-0.4, -0.2) is 49.5 Å². The predicted molar refractivity (Wildman–Crippen MR) is 145 cm³/mol. The average molecular weight is 528 g/mol. The molecule has 0 amide bonds. The summed E-state index contributed by atoms with van der Waals surface area (Å²) >= 11 is 0. The van der Waals surface area contributed by atoms with Crippen LogP contribution in [0.3, 0.4) is 0 Å². The summed E-state index contributed by atoms with van der Waals surface area (Å²) in [6.45, 7) is 2.29. The van der Waals surface area contributed by atoms with Gasteiger partial charge in [0.15, 0.2) is 23.3 Å². The first-order chi connectivity index (χ1) is 19.0. The molecule has 2 aromatic carbocycles. The van der Waals surface area contributed by atoms with Crippen molar-refractivity contribution < 1.29 is 13.9 Å². The van der Waals surface area contributed by atoms with E-state index in [0.29, 0.717) is 40.4 Å². The maximum absolute atomic E-state index is 14.8. The Balaban J connectivity index is 1.18. The molecule has 3 aromatic heterocycles. The monoisotopic (exact) mass is 527 g/mol. The average Bonchev–Trinajstić information content (AvgIpc) is 3.42. The first-order valence-corrected chi connectivity index (χ1v) is 13.0. The minimum absolute atomic E-state index is 0.0973. The van der Waals surface area contributed by atoms with Crippen molar-refractivity contribution in [1.29, 1.82) is 0 Å². The number of halogens is 1. The molecule has 0 spiro atoms. The van der Waals surface area contributed by atoms with E-state index in [1.54, 1.807) is 18.3 Å². The molecule has 2 atom stereocenters. The van der Waals surface area contributed by atoms with Gasteiger partial charge in [0.2, 0.25) is 5.95 Å². The summed E-state index contributed by atoms with van der Waals surface area (Å²) < 4.78 is 28.4. The third kappa shape index (κ3) is 4.10. The fraction of sp³-hybridized carbons (Fsp3) is 0.286. The largest absolute Gasteiger partial charge is 0.486 e. The van der Waals surface area contributed by atoms with Crippen molar-refractivity contribution in [3.05, 3.63) is 71.0 Å². The van der Waals surface area contributed by atoms with Crippen LogP contribution in [0.2, 0.25) is 0 Å². The maximum Gasteiger partial charge on any atom is 0.267 e. The maximum atomic E-state index is 14.8. The van der Waals surface area contributed by atoms with Crippen LogP contribution < -0.4 is 25.7 Å². The van der Waals surface area contributed by atoms with Gasteiger partial charge in [0, 0.05) is 24.0 Å². The molecule has 1 aliphatic carbocycles. The van der Waals surface area contributed by atoms with Gasteiger partial charge in [-0.05, 0) is 50.5 Å². The van der Waals surface area contributed by atoms with Crippen molar-refractivity contribution in [3.8, 4) is 17.2 Å². The van der Waals surface area contributed by atoms with Gasteiger partial charge in [-0.3, -0.25) is 14.5 Å². The molecule has 4 heterocycles. The minimum Gasteiger partial charge on any atom is -0.486 e. The highest BCUT2D eigenvalue weighted by atomic mass is 19.1. The van der Waals surface area contributed by atoms with E-state index < -0.39 is 11.4 Å². The second-order valence-corrected chi connectivity index (χ2v) is 10.0. The Hall–Kier alpha value is -4.67. The fourth-order valence-corrected chi connectivity index (χ4v) is 5.02. The number of rotatable bonds is 6. The van der Waals surface area contributed by atoms with Crippen LogP contribution >= 0.6 is 0 Å². The number of aromatic amines is 1. The third-order valence-electron chi connectivity index (χ3n) is 7.43. The molecular weight excluding hydrogens is 501 g/mol. The van der Waals surface area contributed by atoms with Gasteiger partial charge in [0.25, 0.3) is 5.56 Å². The molecule has 198 valence electrons. The molecule has 0 bridgehead atoms. The Morgan fingerprint density at radius 3 is 2.82 bits per heavy atom.